The fourth-order valence-corrected chi connectivity index (χ4v) is 5.36. The SMILES string of the molecule is Cc1cc(/C=C2\SC(=Nc3ccccc3)N(C[C@@H]3CCCO3)C2=O)c(C)n1NC(=O)c1ccccc1. The third kappa shape index (κ3) is 5.15. The minimum absolute atomic E-state index is 0.0214. The first-order valence-electron chi connectivity index (χ1n) is 12.0. The first-order chi connectivity index (χ1) is 17.5. The predicted molar refractivity (Wildman–Crippen MR) is 144 cm³/mol. The van der Waals surface area contributed by atoms with Gasteiger partial charge < -0.3 is 4.74 Å². The molecular weight excluding hydrogens is 472 g/mol. The maximum absolute atomic E-state index is 13.5. The van der Waals surface area contributed by atoms with Crippen LogP contribution in [-0.4, -0.2) is 45.8 Å². The van der Waals surface area contributed by atoms with Crippen LogP contribution in [0.2, 0.25) is 0 Å². The first-order valence-corrected chi connectivity index (χ1v) is 12.8. The molecule has 3 heterocycles. The molecule has 1 N–H and O–H groups in total. The number of carbonyl (C=O) groups excluding carboxylic acids is 2. The van der Waals surface area contributed by atoms with Crippen molar-refractivity contribution in [2.45, 2.75) is 32.8 Å². The number of ether oxygens (including phenoxy) is 1. The molecule has 2 fully saturated rings. The van der Waals surface area contributed by atoms with Gasteiger partial charge in [-0.05, 0) is 80.4 Å². The van der Waals surface area contributed by atoms with Crippen molar-refractivity contribution in [3.63, 3.8) is 0 Å². The molecule has 2 aromatic carbocycles. The Bertz CT molecular complexity index is 1330. The summed E-state index contributed by atoms with van der Waals surface area (Å²) < 4.78 is 7.56. The van der Waals surface area contributed by atoms with Gasteiger partial charge in [0, 0.05) is 23.6 Å². The van der Waals surface area contributed by atoms with E-state index in [2.05, 4.69) is 5.43 Å². The Hall–Kier alpha value is -3.62. The second kappa shape index (κ2) is 10.6. The Balaban J connectivity index is 1.42. The van der Waals surface area contributed by atoms with Crippen molar-refractivity contribution in [2.75, 3.05) is 18.6 Å². The van der Waals surface area contributed by atoms with Crippen LogP contribution in [0.4, 0.5) is 5.69 Å². The first kappa shape index (κ1) is 24.1. The summed E-state index contributed by atoms with van der Waals surface area (Å²) >= 11 is 1.37. The van der Waals surface area contributed by atoms with Crippen LogP contribution in [0.3, 0.4) is 0 Å². The van der Waals surface area contributed by atoms with E-state index in [1.807, 2.05) is 74.5 Å². The monoisotopic (exact) mass is 500 g/mol. The van der Waals surface area contributed by atoms with Gasteiger partial charge in [-0.1, -0.05) is 36.4 Å². The lowest BCUT2D eigenvalue weighted by Gasteiger charge is -2.19. The van der Waals surface area contributed by atoms with Crippen LogP contribution in [0.5, 0.6) is 0 Å². The van der Waals surface area contributed by atoms with Gasteiger partial charge in [-0.2, -0.15) is 0 Å². The van der Waals surface area contributed by atoms with Crippen LogP contribution in [0.15, 0.2) is 76.6 Å². The van der Waals surface area contributed by atoms with Gasteiger partial charge in [-0.3, -0.25) is 24.6 Å². The summed E-state index contributed by atoms with van der Waals surface area (Å²) in [4.78, 5) is 33.3. The molecule has 0 spiro atoms. The van der Waals surface area contributed by atoms with Crippen molar-refractivity contribution in [3.05, 3.63) is 94.1 Å². The summed E-state index contributed by atoms with van der Waals surface area (Å²) in [6.45, 7) is 5.07. The van der Waals surface area contributed by atoms with Crippen molar-refractivity contribution < 1.29 is 14.3 Å². The van der Waals surface area contributed by atoms with Crippen molar-refractivity contribution in [1.29, 1.82) is 0 Å². The lowest BCUT2D eigenvalue weighted by Crippen LogP contribution is -2.36. The smallest absolute Gasteiger partial charge is 0.270 e. The van der Waals surface area contributed by atoms with Gasteiger partial charge in [0.1, 0.15) is 0 Å². The summed E-state index contributed by atoms with van der Waals surface area (Å²) in [6.07, 6.45) is 3.85. The maximum Gasteiger partial charge on any atom is 0.270 e. The molecule has 5 rings (SSSR count). The van der Waals surface area contributed by atoms with Crippen LogP contribution in [0.1, 0.15) is 40.2 Å². The number of benzene rings is 2. The quantitative estimate of drug-likeness (QED) is 0.468. The number of carbonyl (C=O) groups is 2. The second-order valence-electron chi connectivity index (χ2n) is 8.86. The zero-order chi connectivity index (χ0) is 25.1. The second-order valence-corrected chi connectivity index (χ2v) is 9.87. The summed E-state index contributed by atoms with van der Waals surface area (Å²) in [5, 5.41) is 0.652. The third-order valence-electron chi connectivity index (χ3n) is 6.29. The van der Waals surface area contributed by atoms with Gasteiger partial charge in [-0.25, -0.2) is 4.99 Å². The van der Waals surface area contributed by atoms with E-state index < -0.39 is 0 Å². The van der Waals surface area contributed by atoms with Crippen molar-refractivity contribution in [1.82, 2.24) is 9.58 Å². The molecule has 0 aliphatic carbocycles. The zero-order valence-corrected chi connectivity index (χ0v) is 21.1. The molecule has 36 heavy (non-hydrogen) atoms. The minimum Gasteiger partial charge on any atom is -0.376 e. The van der Waals surface area contributed by atoms with E-state index in [0.717, 1.165) is 42.1 Å². The normalized spacial score (nSPS) is 20.0. The van der Waals surface area contributed by atoms with Gasteiger partial charge in [0.25, 0.3) is 11.8 Å². The molecule has 1 atom stereocenters. The summed E-state index contributed by atoms with van der Waals surface area (Å²) in [5.41, 5.74) is 6.92. The third-order valence-corrected chi connectivity index (χ3v) is 7.29. The van der Waals surface area contributed by atoms with Gasteiger partial charge in [-0.15, -0.1) is 0 Å². The van der Waals surface area contributed by atoms with Crippen LogP contribution in [-0.2, 0) is 9.53 Å². The largest absolute Gasteiger partial charge is 0.376 e. The Morgan fingerprint density at radius 3 is 2.56 bits per heavy atom. The molecule has 1 aromatic heterocycles. The van der Waals surface area contributed by atoms with E-state index in [9.17, 15) is 9.59 Å². The standard InChI is InChI=1S/C28H28N4O3S/c1-19-16-22(20(2)32(19)30-26(33)21-10-5-3-6-11-21)17-25-27(34)31(18-24-14-9-15-35-24)28(36-25)29-23-12-7-4-8-13-23/h3-8,10-13,16-17,24H,9,14-15,18H2,1-2H3,(H,30,33)/b25-17-,29-28?/t24-/m0/s1. The molecule has 0 saturated carbocycles. The highest BCUT2D eigenvalue weighted by atomic mass is 32.2. The Labute approximate surface area is 214 Å². The Morgan fingerprint density at radius 1 is 1.14 bits per heavy atom. The molecule has 2 aliphatic heterocycles. The van der Waals surface area contributed by atoms with Gasteiger partial charge in [0.05, 0.1) is 23.2 Å². The van der Waals surface area contributed by atoms with E-state index in [-0.39, 0.29) is 17.9 Å². The zero-order valence-electron chi connectivity index (χ0n) is 20.3. The number of hydrogen-bond donors (Lipinski definition) is 1. The molecule has 2 amide bonds. The highest BCUT2D eigenvalue weighted by molar-refractivity contribution is 8.18. The summed E-state index contributed by atoms with van der Waals surface area (Å²) in [5.74, 6) is -0.272. The molecule has 0 bridgehead atoms. The number of rotatable bonds is 6. The molecule has 0 radical (unpaired) electrons. The molecule has 2 saturated heterocycles. The molecule has 2 aliphatic rings. The number of nitrogens with one attached hydrogen (secondary N) is 1. The summed E-state index contributed by atoms with van der Waals surface area (Å²) in [6, 6.07) is 20.7. The number of amidine groups is 1. The van der Waals surface area contributed by atoms with Gasteiger partial charge in [0.2, 0.25) is 0 Å². The number of aliphatic imine (C=N–C) groups is 1. The van der Waals surface area contributed by atoms with Crippen molar-refractivity contribution in [2.24, 2.45) is 4.99 Å². The van der Waals surface area contributed by atoms with Crippen LogP contribution in [0.25, 0.3) is 6.08 Å². The number of hydrogen-bond acceptors (Lipinski definition) is 5. The van der Waals surface area contributed by atoms with Gasteiger partial charge >= 0.3 is 0 Å². The maximum atomic E-state index is 13.5. The fourth-order valence-electron chi connectivity index (χ4n) is 4.36. The van der Waals surface area contributed by atoms with Gasteiger partial charge in [0.15, 0.2) is 5.17 Å². The van der Waals surface area contributed by atoms with Crippen molar-refractivity contribution >= 4 is 40.5 Å². The Morgan fingerprint density at radius 2 is 1.86 bits per heavy atom. The molecule has 184 valence electrons. The van der Waals surface area contributed by atoms with Crippen molar-refractivity contribution in [3.8, 4) is 0 Å². The minimum atomic E-state index is -0.192. The number of aryl methyl sites for hydroxylation is 1. The van der Waals surface area contributed by atoms with E-state index in [1.165, 1.54) is 11.8 Å². The molecule has 7 nitrogen and oxygen atoms in total. The highest BCUT2D eigenvalue weighted by Crippen LogP contribution is 2.35. The van der Waals surface area contributed by atoms with E-state index in [1.54, 1.807) is 21.7 Å². The Kier molecular flexibility index (Phi) is 7.06. The predicted octanol–water partition coefficient (Wildman–Crippen LogP) is 5.27. The average Bonchev–Trinajstić information content (AvgIpc) is 3.58. The van der Waals surface area contributed by atoms with Crippen LogP contribution in [0, 0.1) is 13.8 Å². The number of nitrogens with zero attached hydrogens (tertiary/aromatic N) is 3. The fraction of sp³-hybridized carbons (Fsp3) is 0.250. The van der Waals surface area contributed by atoms with Crippen LogP contribution >= 0.6 is 11.8 Å². The molecule has 8 heteroatoms. The highest BCUT2D eigenvalue weighted by Gasteiger charge is 2.36. The number of aromatic nitrogens is 1. The number of amides is 2. The van der Waals surface area contributed by atoms with E-state index >= 15 is 0 Å². The number of thioether (sulfide) groups is 1. The topological polar surface area (TPSA) is 75.9 Å². The average molecular weight is 501 g/mol. The lowest BCUT2D eigenvalue weighted by molar-refractivity contribution is -0.123. The molecule has 0 unspecified atom stereocenters. The summed E-state index contributed by atoms with van der Waals surface area (Å²) in [7, 11) is 0. The lowest BCUT2D eigenvalue weighted by atomic mass is 10.2. The molecular formula is C28H28N4O3S. The van der Waals surface area contributed by atoms with E-state index in [0.29, 0.717) is 22.2 Å². The molecule has 3 aromatic rings. The number of para-hydroxylation sites is 1. The van der Waals surface area contributed by atoms with Crippen LogP contribution < -0.4 is 5.43 Å². The van der Waals surface area contributed by atoms with E-state index in [4.69, 9.17) is 9.73 Å².